The second-order valence-electron chi connectivity index (χ2n) is 5.91. The molecule has 1 heterocycles. The molecule has 1 aliphatic heterocycles. The van der Waals surface area contributed by atoms with Crippen LogP contribution in [0.5, 0.6) is 0 Å². The normalized spacial score (nSPS) is 15.5. The maximum atomic E-state index is 10.2. The lowest BCUT2D eigenvalue weighted by Crippen LogP contribution is -3.00. The molecule has 1 aliphatic rings. The van der Waals surface area contributed by atoms with E-state index in [9.17, 15) is 5.11 Å². The first kappa shape index (κ1) is 18.0. The Balaban J connectivity index is 0.00000192. The Morgan fingerprint density at radius 2 is 1.70 bits per heavy atom. The summed E-state index contributed by atoms with van der Waals surface area (Å²) < 4.78 is 5.62. The van der Waals surface area contributed by atoms with Gasteiger partial charge in [0.1, 0.15) is 0 Å². The van der Waals surface area contributed by atoms with E-state index in [0.29, 0.717) is 19.8 Å². The topological polar surface area (TPSA) is 32.7 Å². The Hall–Kier alpha value is -1.39. The minimum Gasteiger partial charge on any atom is -1.00 e. The lowest BCUT2D eigenvalue weighted by atomic mass is 10.00. The molecule has 0 radical (unpaired) electrons. The van der Waals surface area contributed by atoms with Crippen LogP contribution in [0.3, 0.4) is 0 Å². The molecule has 124 valence electrons. The second kappa shape index (κ2) is 9.04. The highest BCUT2D eigenvalue weighted by atomic mass is 35.5. The van der Waals surface area contributed by atoms with Gasteiger partial charge in [-0.1, -0.05) is 54.6 Å². The molecule has 0 aromatic heterocycles. The number of hydrogen-bond donors (Lipinski definition) is 1. The summed E-state index contributed by atoms with van der Waals surface area (Å²) in [5, 5.41) is 10.2. The van der Waals surface area contributed by atoms with Crippen LogP contribution in [0.4, 0.5) is 0 Å². The highest BCUT2D eigenvalue weighted by Crippen LogP contribution is 2.18. The summed E-state index contributed by atoms with van der Waals surface area (Å²) in [4.78, 5) is 2.30. The van der Waals surface area contributed by atoms with E-state index in [2.05, 4.69) is 29.2 Å². The number of β-amino-alcohol motifs (C(OH)–C–C–N with tert-alkyl or cyclic N) is 1. The summed E-state index contributed by atoms with van der Waals surface area (Å²) in [6.45, 7) is 3.54. The van der Waals surface area contributed by atoms with Gasteiger partial charge in [-0.2, -0.15) is 0 Å². The summed E-state index contributed by atoms with van der Waals surface area (Å²) in [5.74, 6) is 0. The number of ether oxygens (including phenoxy) is 1. The van der Waals surface area contributed by atoms with E-state index in [0.717, 1.165) is 25.1 Å². The molecule has 0 fully saturated rings. The van der Waals surface area contributed by atoms with Crippen LogP contribution in [-0.2, 0) is 24.3 Å². The monoisotopic (exact) mass is 332 g/mol. The van der Waals surface area contributed by atoms with E-state index < -0.39 is 6.10 Å². The first-order valence-electron chi connectivity index (χ1n) is 7.90. The van der Waals surface area contributed by atoms with Crippen LogP contribution in [-0.4, -0.2) is 35.8 Å². The second-order valence-corrected chi connectivity index (χ2v) is 5.91. The molecule has 0 spiro atoms. The summed E-state index contributed by atoms with van der Waals surface area (Å²) in [6.07, 6.45) is 0.627. The third-order valence-corrected chi connectivity index (χ3v) is 4.10. The standard InChI is InChI=1S/C19H23NO2.ClH/c21-19(15-22-14-16-6-2-1-3-7-16)13-20-11-10-17-8-4-5-9-18(17)12-20;/h1-9,19,21H,10-15H2;1H/p-1. The van der Waals surface area contributed by atoms with Crippen LogP contribution in [0.15, 0.2) is 54.6 Å². The van der Waals surface area contributed by atoms with Gasteiger partial charge >= 0.3 is 0 Å². The van der Waals surface area contributed by atoms with E-state index in [1.807, 2.05) is 30.3 Å². The number of hydrogen-bond acceptors (Lipinski definition) is 3. The maximum absolute atomic E-state index is 10.2. The molecular weight excluding hydrogens is 310 g/mol. The van der Waals surface area contributed by atoms with Crippen LogP contribution in [0.2, 0.25) is 0 Å². The Kier molecular flexibility index (Phi) is 7.06. The molecule has 4 heteroatoms. The summed E-state index contributed by atoms with van der Waals surface area (Å²) in [6, 6.07) is 18.6. The number of benzene rings is 2. The number of nitrogens with zero attached hydrogens (tertiary/aromatic N) is 1. The van der Waals surface area contributed by atoms with Gasteiger partial charge in [-0.05, 0) is 23.1 Å². The van der Waals surface area contributed by atoms with Crippen molar-refractivity contribution in [3.05, 3.63) is 71.3 Å². The van der Waals surface area contributed by atoms with Gasteiger partial charge in [0.2, 0.25) is 0 Å². The van der Waals surface area contributed by atoms with E-state index in [-0.39, 0.29) is 12.4 Å². The van der Waals surface area contributed by atoms with E-state index in [1.165, 1.54) is 11.1 Å². The van der Waals surface area contributed by atoms with Gasteiger partial charge in [0.15, 0.2) is 0 Å². The fourth-order valence-corrected chi connectivity index (χ4v) is 2.95. The third-order valence-electron chi connectivity index (χ3n) is 4.10. The van der Waals surface area contributed by atoms with Crippen LogP contribution >= 0.6 is 0 Å². The Morgan fingerprint density at radius 1 is 1.00 bits per heavy atom. The molecule has 3 nitrogen and oxygen atoms in total. The summed E-state index contributed by atoms with van der Waals surface area (Å²) in [5.41, 5.74) is 3.96. The smallest absolute Gasteiger partial charge is 0.0900 e. The highest BCUT2D eigenvalue weighted by molar-refractivity contribution is 5.29. The fraction of sp³-hybridized carbons (Fsp3) is 0.368. The first-order chi connectivity index (χ1) is 10.8. The lowest BCUT2D eigenvalue weighted by Gasteiger charge is -2.30. The van der Waals surface area contributed by atoms with Gasteiger partial charge in [-0.3, -0.25) is 4.90 Å². The first-order valence-corrected chi connectivity index (χ1v) is 7.90. The fourth-order valence-electron chi connectivity index (χ4n) is 2.95. The molecule has 0 amide bonds. The SMILES string of the molecule is OC(COCc1ccccc1)CN1CCc2ccccc2C1.[Cl-]. The zero-order valence-corrected chi connectivity index (χ0v) is 14.0. The number of halogens is 1. The zero-order chi connectivity index (χ0) is 15.2. The van der Waals surface area contributed by atoms with Crippen molar-refractivity contribution in [2.24, 2.45) is 0 Å². The number of aliphatic hydroxyl groups excluding tert-OH is 1. The molecule has 2 aromatic carbocycles. The zero-order valence-electron chi connectivity index (χ0n) is 13.2. The van der Waals surface area contributed by atoms with Crippen molar-refractivity contribution in [3.63, 3.8) is 0 Å². The molecule has 0 aliphatic carbocycles. The predicted octanol–water partition coefficient (Wildman–Crippen LogP) is -0.374. The van der Waals surface area contributed by atoms with Crippen molar-refractivity contribution in [1.29, 1.82) is 0 Å². The van der Waals surface area contributed by atoms with Gasteiger partial charge in [0.25, 0.3) is 0 Å². The van der Waals surface area contributed by atoms with E-state index >= 15 is 0 Å². The summed E-state index contributed by atoms with van der Waals surface area (Å²) >= 11 is 0. The molecule has 0 bridgehead atoms. The van der Waals surface area contributed by atoms with Crippen molar-refractivity contribution in [3.8, 4) is 0 Å². The quantitative estimate of drug-likeness (QED) is 0.783. The van der Waals surface area contributed by atoms with Gasteiger partial charge in [-0.15, -0.1) is 0 Å². The molecule has 3 rings (SSSR count). The lowest BCUT2D eigenvalue weighted by molar-refractivity contribution is -0.0000119. The minimum atomic E-state index is -0.436. The Labute approximate surface area is 144 Å². The van der Waals surface area contributed by atoms with Crippen molar-refractivity contribution in [2.75, 3.05) is 19.7 Å². The van der Waals surface area contributed by atoms with Gasteiger partial charge in [0, 0.05) is 19.6 Å². The molecule has 0 saturated heterocycles. The van der Waals surface area contributed by atoms with Gasteiger partial charge < -0.3 is 22.3 Å². The summed E-state index contributed by atoms with van der Waals surface area (Å²) in [7, 11) is 0. The van der Waals surface area contributed by atoms with E-state index in [1.54, 1.807) is 0 Å². The highest BCUT2D eigenvalue weighted by Gasteiger charge is 2.18. The molecular formula is C19H23ClNO2-. The van der Waals surface area contributed by atoms with E-state index in [4.69, 9.17) is 4.74 Å². The number of aliphatic hydroxyl groups is 1. The Morgan fingerprint density at radius 3 is 2.48 bits per heavy atom. The van der Waals surface area contributed by atoms with Gasteiger partial charge in [-0.25, -0.2) is 0 Å². The maximum Gasteiger partial charge on any atom is 0.0900 e. The largest absolute Gasteiger partial charge is 1.00 e. The minimum absolute atomic E-state index is 0. The molecule has 23 heavy (non-hydrogen) atoms. The van der Waals surface area contributed by atoms with Crippen LogP contribution in [0.25, 0.3) is 0 Å². The van der Waals surface area contributed by atoms with Crippen molar-refractivity contribution in [1.82, 2.24) is 4.90 Å². The average Bonchev–Trinajstić information content (AvgIpc) is 2.56. The molecule has 1 atom stereocenters. The molecule has 1 unspecified atom stereocenters. The van der Waals surface area contributed by atoms with Crippen molar-refractivity contribution in [2.45, 2.75) is 25.7 Å². The van der Waals surface area contributed by atoms with Crippen molar-refractivity contribution < 1.29 is 22.3 Å². The molecule has 0 saturated carbocycles. The predicted molar refractivity (Wildman–Crippen MR) is 87.5 cm³/mol. The third kappa shape index (κ3) is 5.33. The Bertz CT molecular complexity index is 591. The average molecular weight is 333 g/mol. The number of fused-ring (bicyclic) bond motifs is 1. The van der Waals surface area contributed by atoms with Gasteiger partial charge in [0.05, 0.1) is 19.3 Å². The molecule has 1 N–H and O–H groups in total. The van der Waals surface area contributed by atoms with Crippen LogP contribution < -0.4 is 12.4 Å². The van der Waals surface area contributed by atoms with Crippen LogP contribution in [0, 0.1) is 0 Å². The number of rotatable bonds is 6. The molecule has 2 aromatic rings. The van der Waals surface area contributed by atoms with Crippen LogP contribution in [0.1, 0.15) is 16.7 Å². The van der Waals surface area contributed by atoms with Crippen molar-refractivity contribution >= 4 is 0 Å².